The lowest BCUT2D eigenvalue weighted by Crippen LogP contribution is -2.23. The van der Waals surface area contributed by atoms with Crippen molar-refractivity contribution in [1.82, 2.24) is 25.1 Å². The third-order valence-electron chi connectivity index (χ3n) is 3.62. The number of anilines is 3. The number of rotatable bonds is 7. The number of aromatic amines is 1. The molecule has 25 heavy (non-hydrogen) atoms. The Bertz CT molecular complexity index is 819. The summed E-state index contributed by atoms with van der Waals surface area (Å²) in [5, 5.41) is 10.3. The fourth-order valence-corrected chi connectivity index (χ4v) is 2.27. The maximum atomic E-state index is 5.15. The molecule has 0 atom stereocenters. The molecule has 0 spiro atoms. The zero-order valence-corrected chi connectivity index (χ0v) is 14.5. The maximum absolute atomic E-state index is 5.15. The van der Waals surface area contributed by atoms with E-state index in [-0.39, 0.29) is 0 Å². The predicted octanol–water partition coefficient (Wildman–Crippen LogP) is 2.40. The number of methoxy groups -OCH3 is 1. The minimum Gasteiger partial charge on any atom is -0.383 e. The fourth-order valence-electron chi connectivity index (χ4n) is 2.27. The van der Waals surface area contributed by atoms with Gasteiger partial charge in [-0.25, -0.2) is 9.97 Å². The molecule has 0 amide bonds. The first-order chi connectivity index (χ1) is 12.2. The molecule has 130 valence electrons. The van der Waals surface area contributed by atoms with E-state index in [1.54, 1.807) is 19.5 Å². The van der Waals surface area contributed by atoms with Gasteiger partial charge in [0.2, 0.25) is 0 Å². The molecule has 0 saturated heterocycles. The van der Waals surface area contributed by atoms with E-state index < -0.39 is 0 Å². The summed E-state index contributed by atoms with van der Waals surface area (Å²) >= 11 is 0. The van der Waals surface area contributed by atoms with Gasteiger partial charge in [0.1, 0.15) is 11.6 Å². The lowest BCUT2D eigenvalue weighted by atomic mass is 10.2. The van der Waals surface area contributed by atoms with Crippen LogP contribution in [-0.2, 0) is 4.74 Å². The second-order valence-corrected chi connectivity index (χ2v) is 5.65. The number of nitrogens with one attached hydrogen (secondary N) is 2. The number of H-pyrrole nitrogens is 1. The molecule has 3 aromatic heterocycles. The molecule has 3 rings (SSSR count). The molecule has 0 aromatic carbocycles. The molecule has 0 aliphatic carbocycles. The smallest absolute Gasteiger partial charge is 0.165 e. The third kappa shape index (κ3) is 4.30. The van der Waals surface area contributed by atoms with Crippen LogP contribution in [0.25, 0.3) is 11.4 Å². The second kappa shape index (κ2) is 7.71. The summed E-state index contributed by atoms with van der Waals surface area (Å²) in [5.41, 5.74) is 1.83. The standard InChI is InChI=1S/C17H21N7O/c1-12-9-15(23-22-12)19-14-10-16(24(2)7-8-25-3)21-17(20-14)13-5-4-6-18-11-13/h4-6,9-11H,7-8H2,1-3H3,(H2,19,20,21,22,23). The Morgan fingerprint density at radius 1 is 1.24 bits per heavy atom. The van der Waals surface area contributed by atoms with Gasteiger partial charge in [0.05, 0.1) is 6.61 Å². The Labute approximate surface area is 146 Å². The number of nitrogens with zero attached hydrogens (tertiary/aromatic N) is 5. The summed E-state index contributed by atoms with van der Waals surface area (Å²) in [6.07, 6.45) is 3.47. The number of pyridine rings is 1. The van der Waals surface area contributed by atoms with Gasteiger partial charge in [-0.1, -0.05) is 0 Å². The van der Waals surface area contributed by atoms with E-state index in [2.05, 4.69) is 30.5 Å². The van der Waals surface area contributed by atoms with E-state index in [1.807, 2.05) is 43.1 Å². The van der Waals surface area contributed by atoms with Crippen molar-refractivity contribution in [2.75, 3.05) is 37.5 Å². The van der Waals surface area contributed by atoms with Gasteiger partial charge >= 0.3 is 0 Å². The van der Waals surface area contributed by atoms with Gasteiger partial charge in [0.25, 0.3) is 0 Å². The summed E-state index contributed by atoms with van der Waals surface area (Å²) in [7, 11) is 3.65. The highest BCUT2D eigenvalue weighted by molar-refractivity contribution is 5.63. The molecular formula is C17H21N7O. The number of ether oxygens (including phenoxy) is 1. The molecule has 0 aliphatic rings. The van der Waals surface area contributed by atoms with Crippen LogP contribution >= 0.6 is 0 Å². The van der Waals surface area contributed by atoms with Gasteiger partial charge in [0.15, 0.2) is 11.6 Å². The van der Waals surface area contributed by atoms with Crippen molar-refractivity contribution >= 4 is 17.5 Å². The van der Waals surface area contributed by atoms with E-state index >= 15 is 0 Å². The van der Waals surface area contributed by atoms with Crippen LogP contribution in [0.3, 0.4) is 0 Å². The van der Waals surface area contributed by atoms with Gasteiger partial charge in [-0.3, -0.25) is 10.1 Å². The first kappa shape index (κ1) is 16.8. The molecule has 0 radical (unpaired) electrons. The van der Waals surface area contributed by atoms with Gasteiger partial charge in [-0.2, -0.15) is 5.10 Å². The lowest BCUT2D eigenvalue weighted by Gasteiger charge is -2.19. The average Bonchev–Trinajstić information content (AvgIpc) is 3.04. The summed E-state index contributed by atoms with van der Waals surface area (Å²) in [6.45, 7) is 3.29. The van der Waals surface area contributed by atoms with Gasteiger partial charge < -0.3 is 15.0 Å². The first-order valence-corrected chi connectivity index (χ1v) is 7.94. The SMILES string of the molecule is COCCN(C)c1cc(Nc2cc(C)[nH]n2)nc(-c2cccnc2)n1. The number of aryl methyl sites for hydroxylation is 1. The van der Waals surface area contributed by atoms with E-state index in [4.69, 9.17) is 4.74 Å². The van der Waals surface area contributed by atoms with Gasteiger partial charge in [0, 0.05) is 56.5 Å². The highest BCUT2D eigenvalue weighted by Gasteiger charge is 2.11. The Morgan fingerprint density at radius 2 is 2.12 bits per heavy atom. The van der Waals surface area contributed by atoms with Crippen molar-refractivity contribution < 1.29 is 4.74 Å². The molecule has 0 saturated carbocycles. The van der Waals surface area contributed by atoms with Crippen molar-refractivity contribution in [1.29, 1.82) is 0 Å². The maximum Gasteiger partial charge on any atom is 0.165 e. The Morgan fingerprint density at radius 3 is 2.80 bits per heavy atom. The average molecular weight is 339 g/mol. The van der Waals surface area contributed by atoms with Crippen LogP contribution in [0, 0.1) is 6.92 Å². The van der Waals surface area contributed by atoms with Crippen molar-refractivity contribution in [2.24, 2.45) is 0 Å². The zero-order chi connectivity index (χ0) is 17.6. The van der Waals surface area contributed by atoms with E-state index in [1.165, 1.54) is 0 Å². The monoisotopic (exact) mass is 339 g/mol. The van der Waals surface area contributed by atoms with Crippen molar-refractivity contribution in [3.63, 3.8) is 0 Å². The summed E-state index contributed by atoms with van der Waals surface area (Å²) < 4.78 is 5.15. The van der Waals surface area contributed by atoms with E-state index in [0.29, 0.717) is 24.1 Å². The quantitative estimate of drug-likeness (QED) is 0.683. The summed E-state index contributed by atoms with van der Waals surface area (Å²) in [4.78, 5) is 15.4. The van der Waals surface area contributed by atoms with Crippen molar-refractivity contribution in [3.8, 4) is 11.4 Å². The van der Waals surface area contributed by atoms with Gasteiger partial charge in [-0.05, 0) is 19.1 Å². The molecule has 8 nitrogen and oxygen atoms in total. The molecule has 0 bridgehead atoms. The number of hydrogen-bond acceptors (Lipinski definition) is 7. The topological polar surface area (TPSA) is 91.8 Å². The largest absolute Gasteiger partial charge is 0.383 e. The van der Waals surface area contributed by atoms with Crippen molar-refractivity contribution in [3.05, 3.63) is 42.4 Å². The fraction of sp³-hybridized carbons (Fsp3) is 0.294. The summed E-state index contributed by atoms with van der Waals surface area (Å²) in [6, 6.07) is 7.60. The molecule has 3 aromatic rings. The summed E-state index contributed by atoms with van der Waals surface area (Å²) in [5.74, 6) is 2.77. The van der Waals surface area contributed by atoms with Crippen LogP contribution in [0.4, 0.5) is 17.5 Å². The molecule has 0 fully saturated rings. The zero-order valence-electron chi connectivity index (χ0n) is 14.5. The van der Waals surface area contributed by atoms with E-state index in [0.717, 1.165) is 23.6 Å². The van der Waals surface area contributed by atoms with Gasteiger partial charge in [-0.15, -0.1) is 0 Å². The Kier molecular flexibility index (Phi) is 5.20. The van der Waals surface area contributed by atoms with Crippen LogP contribution in [0.5, 0.6) is 0 Å². The molecule has 3 heterocycles. The third-order valence-corrected chi connectivity index (χ3v) is 3.62. The highest BCUT2D eigenvalue weighted by atomic mass is 16.5. The molecule has 2 N–H and O–H groups in total. The minimum atomic E-state index is 0.602. The van der Waals surface area contributed by atoms with Crippen LogP contribution in [0.2, 0.25) is 0 Å². The number of aromatic nitrogens is 5. The van der Waals surface area contributed by atoms with Crippen LogP contribution < -0.4 is 10.2 Å². The molecule has 8 heteroatoms. The first-order valence-electron chi connectivity index (χ1n) is 7.94. The minimum absolute atomic E-state index is 0.602. The lowest BCUT2D eigenvalue weighted by molar-refractivity contribution is 0.206. The Hall–Kier alpha value is -3.00. The predicted molar refractivity (Wildman–Crippen MR) is 97.0 cm³/mol. The Balaban J connectivity index is 1.95. The molecule has 0 aliphatic heterocycles. The number of likely N-dealkylation sites (N-methyl/N-ethyl adjacent to an activating group) is 1. The van der Waals surface area contributed by atoms with Crippen LogP contribution in [0.1, 0.15) is 5.69 Å². The van der Waals surface area contributed by atoms with Crippen molar-refractivity contribution in [2.45, 2.75) is 6.92 Å². The molecule has 0 unspecified atom stereocenters. The van der Waals surface area contributed by atoms with Crippen LogP contribution in [-0.4, -0.2) is 52.5 Å². The molecular weight excluding hydrogens is 318 g/mol. The highest BCUT2D eigenvalue weighted by Crippen LogP contribution is 2.23. The normalized spacial score (nSPS) is 10.7. The number of hydrogen-bond donors (Lipinski definition) is 2. The second-order valence-electron chi connectivity index (χ2n) is 5.65. The van der Waals surface area contributed by atoms with E-state index in [9.17, 15) is 0 Å². The van der Waals surface area contributed by atoms with Crippen LogP contribution in [0.15, 0.2) is 36.7 Å².